The van der Waals surface area contributed by atoms with Crippen molar-refractivity contribution >= 4 is 5.97 Å². The molecule has 20 heavy (non-hydrogen) atoms. The van der Waals surface area contributed by atoms with E-state index >= 15 is 0 Å². The minimum atomic E-state index is -0.263. The van der Waals surface area contributed by atoms with Gasteiger partial charge in [0.25, 0.3) is 0 Å². The van der Waals surface area contributed by atoms with Gasteiger partial charge in [-0.1, -0.05) is 48.1 Å². The molecule has 2 bridgehead atoms. The Bertz CT molecular complexity index is 416. The molecule has 4 atom stereocenters. The maximum Gasteiger partial charge on any atom is 0.330 e. The number of carbonyl (C=O) groups excluding carboxylic acids is 1. The van der Waals surface area contributed by atoms with E-state index in [2.05, 4.69) is 48.1 Å². The van der Waals surface area contributed by atoms with Crippen molar-refractivity contribution in [3.05, 3.63) is 12.7 Å². The lowest BCUT2D eigenvalue weighted by Crippen LogP contribution is -2.39. The van der Waals surface area contributed by atoms with Crippen molar-refractivity contribution in [2.45, 2.75) is 66.9 Å². The Kier molecular flexibility index (Phi) is 3.59. The number of carbonyl (C=O) groups is 1. The first-order chi connectivity index (χ1) is 9.03. The van der Waals surface area contributed by atoms with E-state index in [1.54, 1.807) is 0 Å². The smallest absolute Gasteiger partial charge is 0.330 e. The van der Waals surface area contributed by atoms with Gasteiger partial charge in [0.05, 0.1) is 0 Å². The lowest BCUT2D eigenvalue weighted by molar-refractivity contribution is -0.150. The quantitative estimate of drug-likeness (QED) is 0.557. The Hall–Kier alpha value is -0.790. The molecule has 2 fully saturated rings. The molecule has 0 saturated heterocycles. The number of ether oxygens (including phenoxy) is 1. The lowest BCUT2D eigenvalue weighted by Gasteiger charge is -2.42. The van der Waals surface area contributed by atoms with Gasteiger partial charge in [-0.2, -0.15) is 0 Å². The van der Waals surface area contributed by atoms with Gasteiger partial charge in [-0.15, -0.1) is 0 Å². The zero-order valence-electron chi connectivity index (χ0n) is 14.0. The first-order valence-corrected chi connectivity index (χ1v) is 7.86. The topological polar surface area (TPSA) is 26.3 Å². The van der Waals surface area contributed by atoms with Crippen LogP contribution in [-0.2, 0) is 9.53 Å². The molecule has 0 heterocycles. The number of hydrogen-bond donors (Lipinski definition) is 0. The molecule has 0 spiro atoms. The second-order valence-corrected chi connectivity index (χ2v) is 8.76. The van der Waals surface area contributed by atoms with Crippen LogP contribution in [0.5, 0.6) is 0 Å². The molecule has 2 rings (SSSR count). The molecule has 0 aromatic rings. The van der Waals surface area contributed by atoms with Gasteiger partial charge in [0, 0.05) is 17.9 Å². The summed E-state index contributed by atoms with van der Waals surface area (Å²) in [6, 6.07) is 0. The highest BCUT2D eigenvalue weighted by molar-refractivity contribution is 5.81. The monoisotopic (exact) mass is 278 g/mol. The van der Waals surface area contributed by atoms with Gasteiger partial charge >= 0.3 is 5.97 Å². The minimum Gasteiger partial charge on any atom is -0.459 e. The van der Waals surface area contributed by atoms with Crippen molar-refractivity contribution in [1.29, 1.82) is 0 Å². The third-order valence-corrected chi connectivity index (χ3v) is 6.24. The highest BCUT2D eigenvalue weighted by Crippen LogP contribution is 2.70. The second kappa shape index (κ2) is 4.61. The molecule has 0 aromatic heterocycles. The van der Waals surface area contributed by atoms with Gasteiger partial charge in [0.1, 0.15) is 6.10 Å². The normalized spacial score (nSPS) is 38.8. The van der Waals surface area contributed by atoms with Gasteiger partial charge in [0.15, 0.2) is 0 Å². The first-order valence-electron chi connectivity index (χ1n) is 7.86. The van der Waals surface area contributed by atoms with E-state index < -0.39 is 0 Å². The van der Waals surface area contributed by atoms with Crippen LogP contribution in [0.2, 0.25) is 0 Å². The van der Waals surface area contributed by atoms with Crippen molar-refractivity contribution in [3.8, 4) is 0 Å². The number of hydrogen-bond acceptors (Lipinski definition) is 2. The fraction of sp³-hybridized carbons (Fsp3) is 0.833. The van der Waals surface area contributed by atoms with E-state index in [4.69, 9.17) is 4.74 Å². The van der Waals surface area contributed by atoms with E-state index in [-0.39, 0.29) is 28.3 Å². The summed E-state index contributed by atoms with van der Waals surface area (Å²) in [5.74, 6) is 0.685. The minimum absolute atomic E-state index is 0.0634. The average molecular weight is 278 g/mol. The molecule has 114 valence electrons. The third kappa shape index (κ3) is 2.21. The first kappa shape index (κ1) is 15.6. The summed E-state index contributed by atoms with van der Waals surface area (Å²) in [4.78, 5) is 11.7. The summed E-state index contributed by atoms with van der Waals surface area (Å²) in [7, 11) is 0. The lowest BCUT2D eigenvalue weighted by atomic mass is 9.63. The third-order valence-electron chi connectivity index (χ3n) is 6.24. The molecule has 4 unspecified atom stereocenters. The molecular weight excluding hydrogens is 248 g/mol. The largest absolute Gasteiger partial charge is 0.459 e. The molecular formula is C18H30O2. The fourth-order valence-electron chi connectivity index (χ4n) is 4.79. The summed E-state index contributed by atoms with van der Waals surface area (Å²) < 4.78 is 5.80. The zero-order chi connectivity index (χ0) is 15.3. The maximum absolute atomic E-state index is 11.7. The van der Waals surface area contributed by atoms with Gasteiger partial charge in [-0.05, 0) is 35.5 Å². The predicted octanol–water partition coefficient (Wildman–Crippen LogP) is 4.59. The summed E-state index contributed by atoms with van der Waals surface area (Å²) in [6.07, 6.45) is 4.91. The van der Waals surface area contributed by atoms with Gasteiger partial charge < -0.3 is 4.74 Å². The Morgan fingerprint density at radius 3 is 2.45 bits per heavy atom. The van der Waals surface area contributed by atoms with Crippen molar-refractivity contribution in [3.63, 3.8) is 0 Å². The standard InChI is InChI=1S/C18H30O2/c1-8-14(19)20-15-12-9-10-18(7,17(12,5)6)13(15)11-16(2,3)4/h8,12-13,15H,1,9-11H2,2-7H3. The Morgan fingerprint density at radius 1 is 1.35 bits per heavy atom. The van der Waals surface area contributed by atoms with Crippen LogP contribution in [0.1, 0.15) is 60.8 Å². The highest BCUT2D eigenvalue weighted by Gasteiger charge is 2.67. The molecule has 0 aromatic carbocycles. The van der Waals surface area contributed by atoms with Crippen LogP contribution in [0, 0.1) is 28.1 Å². The summed E-state index contributed by atoms with van der Waals surface area (Å²) in [5.41, 5.74) is 0.777. The molecule has 2 saturated carbocycles. The van der Waals surface area contributed by atoms with Crippen LogP contribution >= 0.6 is 0 Å². The van der Waals surface area contributed by atoms with E-state index in [9.17, 15) is 4.79 Å². The molecule has 0 aliphatic heterocycles. The highest BCUT2D eigenvalue weighted by atomic mass is 16.5. The van der Waals surface area contributed by atoms with Crippen LogP contribution in [0.3, 0.4) is 0 Å². The number of rotatable bonds is 3. The van der Waals surface area contributed by atoms with Crippen molar-refractivity contribution < 1.29 is 9.53 Å². The average Bonchev–Trinajstić information content (AvgIpc) is 2.61. The van der Waals surface area contributed by atoms with Crippen LogP contribution in [-0.4, -0.2) is 12.1 Å². The Morgan fingerprint density at radius 2 is 1.95 bits per heavy atom. The van der Waals surface area contributed by atoms with Crippen molar-refractivity contribution in [1.82, 2.24) is 0 Å². The molecule has 2 heteroatoms. The van der Waals surface area contributed by atoms with Crippen LogP contribution in [0.15, 0.2) is 12.7 Å². The van der Waals surface area contributed by atoms with E-state index in [0.717, 1.165) is 6.42 Å². The number of fused-ring (bicyclic) bond motifs is 2. The van der Waals surface area contributed by atoms with E-state index in [1.165, 1.54) is 18.9 Å². The van der Waals surface area contributed by atoms with Crippen LogP contribution in [0.4, 0.5) is 0 Å². The second-order valence-electron chi connectivity index (χ2n) is 8.76. The molecule has 0 radical (unpaired) electrons. The van der Waals surface area contributed by atoms with Crippen LogP contribution < -0.4 is 0 Å². The van der Waals surface area contributed by atoms with Crippen LogP contribution in [0.25, 0.3) is 0 Å². The summed E-state index contributed by atoms with van der Waals surface area (Å²) >= 11 is 0. The number of esters is 1. The van der Waals surface area contributed by atoms with Gasteiger partial charge in [-0.3, -0.25) is 0 Å². The van der Waals surface area contributed by atoms with E-state index in [0.29, 0.717) is 11.8 Å². The molecule has 2 aliphatic carbocycles. The maximum atomic E-state index is 11.7. The van der Waals surface area contributed by atoms with Gasteiger partial charge in [0.2, 0.25) is 0 Å². The summed E-state index contributed by atoms with van der Waals surface area (Å²) in [5, 5.41) is 0. The van der Waals surface area contributed by atoms with Gasteiger partial charge in [-0.25, -0.2) is 4.79 Å². The van der Waals surface area contributed by atoms with E-state index in [1.807, 2.05) is 0 Å². The summed E-state index contributed by atoms with van der Waals surface area (Å²) in [6.45, 7) is 17.5. The fourth-order valence-corrected chi connectivity index (χ4v) is 4.79. The molecule has 2 nitrogen and oxygen atoms in total. The van der Waals surface area contributed by atoms with Crippen molar-refractivity contribution in [2.75, 3.05) is 0 Å². The Labute approximate surface area is 124 Å². The molecule has 2 aliphatic rings. The van der Waals surface area contributed by atoms with Crippen molar-refractivity contribution in [2.24, 2.45) is 28.1 Å². The molecule has 0 N–H and O–H groups in total. The SMILES string of the molecule is C=CC(=O)OC1C2CCC(C)(C1CC(C)(C)C)C2(C)C. The Balaban J connectivity index is 2.33. The molecule has 0 amide bonds. The zero-order valence-corrected chi connectivity index (χ0v) is 14.0. The predicted molar refractivity (Wildman–Crippen MR) is 82.3 cm³/mol.